The number of para-hydroxylation sites is 1. The zero-order chi connectivity index (χ0) is 18.8. The number of aromatic nitrogens is 2. The van der Waals surface area contributed by atoms with Crippen LogP contribution in [0.1, 0.15) is 36.2 Å². The number of aryl methyl sites for hydroxylation is 2. The summed E-state index contributed by atoms with van der Waals surface area (Å²) in [4.78, 5) is 33.5. The zero-order valence-corrected chi connectivity index (χ0v) is 15.8. The van der Waals surface area contributed by atoms with Gasteiger partial charge in [-0.2, -0.15) is 0 Å². The molecule has 0 unspecified atom stereocenters. The number of thiophene rings is 1. The predicted octanol–water partition coefficient (Wildman–Crippen LogP) is 3.67. The van der Waals surface area contributed by atoms with Crippen molar-refractivity contribution in [2.24, 2.45) is 0 Å². The number of hydrogen-bond acceptors (Lipinski definition) is 6. The minimum atomic E-state index is -0.776. The van der Waals surface area contributed by atoms with E-state index in [2.05, 4.69) is 9.97 Å². The van der Waals surface area contributed by atoms with E-state index in [-0.39, 0.29) is 5.56 Å². The summed E-state index contributed by atoms with van der Waals surface area (Å²) >= 11 is 1.46. The summed E-state index contributed by atoms with van der Waals surface area (Å²) in [6, 6.07) is 9.04. The Balaban J connectivity index is 1.75. The number of benzene rings is 1. The van der Waals surface area contributed by atoms with Crippen molar-refractivity contribution < 1.29 is 14.3 Å². The Kier molecular flexibility index (Phi) is 5.08. The van der Waals surface area contributed by atoms with Crippen LogP contribution in [0.15, 0.2) is 35.1 Å². The minimum absolute atomic E-state index is 0.219. The van der Waals surface area contributed by atoms with Crippen molar-refractivity contribution in [3.05, 3.63) is 57.0 Å². The van der Waals surface area contributed by atoms with Crippen LogP contribution in [0, 0.1) is 13.8 Å². The van der Waals surface area contributed by atoms with Crippen LogP contribution in [-0.4, -0.2) is 22.0 Å². The molecule has 1 aromatic carbocycles. The lowest BCUT2D eigenvalue weighted by molar-refractivity contribution is -0.156. The van der Waals surface area contributed by atoms with Crippen LogP contribution >= 0.6 is 11.3 Å². The number of nitrogens with zero attached hydrogens (tertiary/aromatic N) is 1. The Morgan fingerprint density at radius 2 is 1.88 bits per heavy atom. The van der Waals surface area contributed by atoms with Gasteiger partial charge >= 0.3 is 5.97 Å². The lowest BCUT2D eigenvalue weighted by Crippen LogP contribution is -2.28. The third-order valence-corrected chi connectivity index (χ3v) is 5.22. The maximum Gasteiger partial charge on any atom is 0.347 e. The summed E-state index contributed by atoms with van der Waals surface area (Å²) in [6.45, 7) is 7.14. The van der Waals surface area contributed by atoms with Crippen LogP contribution < -0.4 is 10.3 Å². The number of fused-ring (bicyclic) bond motifs is 1. The highest BCUT2D eigenvalue weighted by Gasteiger charge is 2.22. The van der Waals surface area contributed by atoms with E-state index in [1.807, 2.05) is 32.0 Å². The van der Waals surface area contributed by atoms with Crippen LogP contribution in [0.25, 0.3) is 10.2 Å². The molecule has 3 aromatic rings. The standard InChI is InChI=1S/C19H20N2O4S/c1-10-13(4)26-18-15(10)17(22)20-16(21-18)11(2)25-19(23)12(3)24-14-8-6-5-7-9-14/h5-9,11-12H,1-4H3,(H,20,21,22)/t11-,12+/m0/s1. The van der Waals surface area contributed by atoms with Crippen LogP contribution in [0.2, 0.25) is 0 Å². The highest BCUT2D eigenvalue weighted by Crippen LogP contribution is 2.27. The van der Waals surface area contributed by atoms with Gasteiger partial charge in [-0.05, 0) is 45.4 Å². The first-order valence-electron chi connectivity index (χ1n) is 8.29. The van der Waals surface area contributed by atoms with Gasteiger partial charge in [0, 0.05) is 4.88 Å². The quantitative estimate of drug-likeness (QED) is 0.691. The van der Waals surface area contributed by atoms with Crippen molar-refractivity contribution in [1.82, 2.24) is 9.97 Å². The molecule has 2 heterocycles. The summed E-state index contributed by atoms with van der Waals surface area (Å²) in [5.74, 6) is 0.383. The number of rotatable bonds is 5. The normalized spacial score (nSPS) is 13.4. The van der Waals surface area contributed by atoms with Crippen molar-refractivity contribution in [2.75, 3.05) is 0 Å². The van der Waals surface area contributed by atoms with Crippen LogP contribution in [0.5, 0.6) is 5.75 Å². The number of H-pyrrole nitrogens is 1. The van der Waals surface area contributed by atoms with Gasteiger partial charge in [-0.3, -0.25) is 4.79 Å². The van der Waals surface area contributed by atoms with E-state index in [9.17, 15) is 9.59 Å². The van der Waals surface area contributed by atoms with Crippen molar-refractivity contribution in [1.29, 1.82) is 0 Å². The monoisotopic (exact) mass is 372 g/mol. The van der Waals surface area contributed by atoms with Crippen molar-refractivity contribution in [2.45, 2.75) is 39.9 Å². The fourth-order valence-electron chi connectivity index (χ4n) is 2.54. The maximum absolute atomic E-state index is 12.3. The molecule has 0 bridgehead atoms. The Morgan fingerprint density at radius 1 is 1.19 bits per heavy atom. The molecule has 3 rings (SSSR count). The molecule has 0 radical (unpaired) electrons. The molecule has 7 heteroatoms. The zero-order valence-electron chi connectivity index (χ0n) is 15.0. The smallest absolute Gasteiger partial charge is 0.347 e. The van der Waals surface area contributed by atoms with Gasteiger partial charge in [0.2, 0.25) is 0 Å². The third kappa shape index (κ3) is 3.62. The molecule has 0 aliphatic heterocycles. The van der Waals surface area contributed by atoms with E-state index in [4.69, 9.17) is 9.47 Å². The average Bonchev–Trinajstić information content (AvgIpc) is 2.90. The average molecular weight is 372 g/mol. The second-order valence-corrected chi connectivity index (χ2v) is 7.27. The Hall–Kier alpha value is -2.67. The van der Waals surface area contributed by atoms with Gasteiger partial charge in [-0.25, -0.2) is 9.78 Å². The van der Waals surface area contributed by atoms with Crippen LogP contribution in [-0.2, 0) is 9.53 Å². The van der Waals surface area contributed by atoms with Gasteiger partial charge in [-0.1, -0.05) is 18.2 Å². The second kappa shape index (κ2) is 7.29. The number of nitrogens with one attached hydrogen (secondary N) is 1. The summed E-state index contributed by atoms with van der Waals surface area (Å²) < 4.78 is 11.0. The van der Waals surface area contributed by atoms with Gasteiger partial charge < -0.3 is 14.5 Å². The molecule has 0 saturated carbocycles. The molecule has 0 aliphatic rings. The van der Waals surface area contributed by atoms with E-state index < -0.39 is 18.2 Å². The maximum atomic E-state index is 12.3. The summed E-state index contributed by atoms with van der Waals surface area (Å²) in [5, 5.41) is 0.593. The molecule has 6 nitrogen and oxygen atoms in total. The number of esters is 1. The lowest BCUT2D eigenvalue weighted by atomic mass is 10.2. The summed E-state index contributed by atoms with van der Waals surface area (Å²) in [7, 11) is 0. The fraction of sp³-hybridized carbons (Fsp3) is 0.316. The highest BCUT2D eigenvalue weighted by molar-refractivity contribution is 7.18. The third-order valence-electron chi connectivity index (χ3n) is 4.12. The molecule has 0 fully saturated rings. The van der Waals surface area contributed by atoms with Gasteiger partial charge in [-0.15, -0.1) is 11.3 Å². The Bertz CT molecular complexity index is 994. The number of hydrogen-bond donors (Lipinski definition) is 1. The molecule has 26 heavy (non-hydrogen) atoms. The first-order chi connectivity index (χ1) is 12.4. The summed E-state index contributed by atoms with van der Waals surface area (Å²) in [5.41, 5.74) is 0.711. The molecule has 0 spiro atoms. The van der Waals surface area contributed by atoms with Crippen molar-refractivity contribution in [3.8, 4) is 5.75 Å². The molecule has 0 saturated heterocycles. The minimum Gasteiger partial charge on any atom is -0.479 e. The molecule has 2 aromatic heterocycles. The van der Waals surface area contributed by atoms with Crippen molar-refractivity contribution >= 4 is 27.5 Å². The number of ether oxygens (including phenoxy) is 2. The van der Waals surface area contributed by atoms with E-state index in [1.165, 1.54) is 11.3 Å². The largest absolute Gasteiger partial charge is 0.479 e. The van der Waals surface area contributed by atoms with Gasteiger partial charge in [0.25, 0.3) is 5.56 Å². The van der Waals surface area contributed by atoms with Gasteiger partial charge in [0.1, 0.15) is 10.6 Å². The highest BCUT2D eigenvalue weighted by atomic mass is 32.1. The number of carbonyl (C=O) groups is 1. The number of carbonyl (C=O) groups excluding carboxylic acids is 1. The molecule has 2 atom stereocenters. The van der Waals surface area contributed by atoms with E-state index in [0.29, 0.717) is 21.8 Å². The molecule has 0 amide bonds. The molecule has 136 valence electrons. The molecule has 1 N–H and O–H groups in total. The Morgan fingerprint density at radius 3 is 2.58 bits per heavy atom. The fourth-order valence-corrected chi connectivity index (χ4v) is 3.58. The summed E-state index contributed by atoms with van der Waals surface area (Å²) in [6.07, 6.45) is -1.47. The molecular formula is C19H20N2O4S. The molecule has 0 aliphatic carbocycles. The van der Waals surface area contributed by atoms with Crippen molar-refractivity contribution in [3.63, 3.8) is 0 Å². The van der Waals surface area contributed by atoms with Gasteiger partial charge in [0.05, 0.1) is 5.39 Å². The first-order valence-corrected chi connectivity index (χ1v) is 9.10. The second-order valence-electron chi connectivity index (χ2n) is 6.07. The van der Waals surface area contributed by atoms with Gasteiger partial charge in [0.15, 0.2) is 18.0 Å². The Labute approximate surface area is 154 Å². The van der Waals surface area contributed by atoms with Crippen LogP contribution in [0.4, 0.5) is 0 Å². The van der Waals surface area contributed by atoms with E-state index in [0.717, 1.165) is 10.4 Å². The SMILES string of the molecule is Cc1sc2nc([C@H](C)OC(=O)[C@@H](C)Oc3ccccc3)[nH]c(=O)c2c1C. The first kappa shape index (κ1) is 18.1. The molecular weight excluding hydrogens is 352 g/mol. The van der Waals surface area contributed by atoms with E-state index >= 15 is 0 Å². The predicted molar refractivity (Wildman–Crippen MR) is 101 cm³/mol. The van der Waals surface area contributed by atoms with Crippen LogP contribution in [0.3, 0.4) is 0 Å². The van der Waals surface area contributed by atoms with E-state index in [1.54, 1.807) is 26.0 Å². The lowest BCUT2D eigenvalue weighted by Gasteiger charge is -2.17. The number of aromatic amines is 1. The topological polar surface area (TPSA) is 81.3 Å².